The molecule has 0 saturated heterocycles. The van der Waals surface area contributed by atoms with Crippen molar-refractivity contribution in [1.82, 2.24) is 0 Å². The Balaban J connectivity index is 1.85. The largest absolute Gasteiger partial charge is 0.497 e. The third kappa shape index (κ3) is 5.50. The summed E-state index contributed by atoms with van der Waals surface area (Å²) in [7, 11) is -1.12. The summed E-state index contributed by atoms with van der Waals surface area (Å²) in [6, 6.07) is 17.6. The standard InChI is InChI=1S/C23H24N2O6S/c1-4-31-19-11-8-17(9-12-19)25-32(27,28)22-15-18(10-13-21(22)30-3)24-23(26)16-6-5-7-20(14-16)29-2/h5-15,25H,4H2,1-3H3,(H,24,26). The minimum atomic E-state index is -4.00. The van der Waals surface area contributed by atoms with Gasteiger partial charge in [-0.1, -0.05) is 6.07 Å². The zero-order chi connectivity index (χ0) is 23.1. The summed E-state index contributed by atoms with van der Waals surface area (Å²) in [4.78, 5) is 12.5. The number of benzene rings is 3. The van der Waals surface area contributed by atoms with Crippen molar-refractivity contribution in [1.29, 1.82) is 0 Å². The molecule has 1 amide bonds. The molecule has 0 fully saturated rings. The average Bonchev–Trinajstić information content (AvgIpc) is 2.80. The summed E-state index contributed by atoms with van der Waals surface area (Å²) < 4.78 is 44.3. The number of sulfonamides is 1. The monoisotopic (exact) mass is 456 g/mol. The Labute approximate surface area is 187 Å². The van der Waals surface area contributed by atoms with Gasteiger partial charge in [-0.3, -0.25) is 9.52 Å². The van der Waals surface area contributed by atoms with E-state index in [1.54, 1.807) is 54.6 Å². The van der Waals surface area contributed by atoms with Crippen LogP contribution in [0.15, 0.2) is 71.6 Å². The summed E-state index contributed by atoms with van der Waals surface area (Å²) in [5.41, 5.74) is 1.03. The van der Waals surface area contributed by atoms with Crippen LogP contribution >= 0.6 is 0 Å². The smallest absolute Gasteiger partial charge is 0.265 e. The predicted octanol–water partition coefficient (Wildman–Crippen LogP) is 4.16. The Kier molecular flexibility index (Phi) is 7.21. The summed E-state index contributed by atoms with van der Waals surface area (Å²) >= 11 is 0. The predicted molar refractivity (Wildman–Crippen MR) is 122 cm³/mol. The van der Waals surface area contributed by atoms with E-state index in [0.717, 1.165) is 0 Å². The fourth-order valence-corrected chi connectivity index (χ4v) is 4.18. The van der Waals surface area contributed by atoms with Gasteiger partial charge in [0.15, 0.2) is 0 Å². The summed E-state index contributed by atoms with van der Waals surface area (Å²) in [5.74, 6) is 0.908. The highest BCUT2D eigenvalue weighted by molar-refractivity contribution is 7.92. The molecule has 3 aromatic rings. The summed E-state index contributed by atoms with van der Waals surface area (Å²) in [6.07, 6.45) is 0. The third-order valence-corrected chi connectivity index (χ3v) is 5.86. The molecule has 0 aliphatic carbocycles. The van der Waals surface area contributed by atoms with E-state index in [2.05, 4.69) is 10.0 Å². The number of ether oxygens (including phenoxy) is 3. The Bertz CT molecular complexity index is 1190. The number of hydrogen-bond acceptors (Lipinski definition) is 6. The molecule has 3 rings (SSSR count). The van der Waals surface area contributed by atoms with Gasteiger partial charge in [0.25, 0.3) is 15.9 Å². The van der Waals surface area contributed by atoms with Gasteiger partial charge in [0, 0.05) is 16.9 Å². The highest BCUT2D eigenvalue weighted by atomic mass is 32.2. The number of carbonyl (C=O) groups excluding carboxylic acids is 1. The van der Waals surface area contributed by atoms with Gasteiger partial charge in [-0.05, 0) is 67.6 Å². The molecule has 8 nitrogen and oxygen atoms in total. The highest BCUT2D eigenvalue weighted by Gasteiger charge is 2.21. The van der Waals surface area contributed by atoms with Crippen molar-refractivity contribution in [2.75, 3.05) is 30.9 Å². The van der Waals surface area contributed by atoms with E-state index in [4.69, 9.17) is 14.2 Å². The Morgan fingerprint density at radius 3 is 2.25 bits per heavy atom. The number of hydrogen-bond donors (Lipinski definition) is 2. The van der Waals surface area contributed by atoms with E-state index in [0.29, 0.717) is 35.0 Å². The highest BCUT2D eigenvalue weighted by Crippen LogP contribution is 2.29. The molecule has 0 saturated carbocycles. The molecule has 0 atom stereocenters. The Morgan fingerprint density at radius 1 is 0.875 bits per heavy atom. The first-order valence-corrected chi connectivity index (χ1v) is 11.2. The van der Waals surface area contributed by atoms with Crippen molar-refractivity contribution in [3.8, 4) is 17.2 Å². The molecule has 32 heavy (non-hydrogen) atoms. The van der Waals surface area contributed by atoms with Gasteiger partial charge in [0.1, 0.15) is 22.1 Å². The quantitative estimate of drug-likeness (QED) is 0.501. The first kappa shape index (κ1) is 23.0. The molecule has 9 heteroatoms. The molecule has 2 N–H and O–H groups in total. The molecule has 0 spiro atoms. The fourth-order valence-electron chi connectivity index (χ4n) is 2.93. The van der Waals surface area contributed by atoms with Gasteiger partial charge in [0.05, 0.1) is 20.8 Å². The normalized spacial score (nSPS) is 10.8. The van der Waals surface area contributed by atoms with Gasteiger partial charge in [0.2, 0.25) is 0 Å². The number of anilines is 2. The van der Waals surface area contributed by atoms with Crippen molar-refractivity contribution >= 4 is 27.3 Å². The van der Waals surface area contributed by atoms with Crippen LogP contribution in [-0.4, -0.2) is 35.2 Å². The van der Waals surface area contributed by atoms with E-state index in [-0.39, 0.29) is 10.6 Å². The van der Waals surface area contributed by atoms with Crippen LogP contribution in [0.3, 0.4) is 0 Å². The minimum absolute atomic E-state index is 0.114. The maximum absolute atomic E-state index is 13.0. The van der Waals surface area contributed by atoms with E-state index in [1.807, 2.05) is 6.92 Å². The first-order chi connectivity index (χ1) is 15.4. The zero-order valence-electron chi connectivity index (χ0n) is 17.9. The summed E-state index contributed by atoms with van der Waals surface area (Å²) in [5, 5.41) is 2.70. The number of amides is 1. The maximum Gasteiger partial charge on any atom is 0.265 e. The van der Waals surface area contributed by atoms with Crippen molar-refractivity contribution < 1.29 is 27.4 Å². The van der Waals surface area contributed by atoms with E-state index < -0.39 is 15.9 Å². The molecule has 168 valence electrons. The lowest BCUT2D eigenvalue weighted by Gasteiger charge is -2.14. The molecule has 0 bridgehead atoms. The van der Waals surface area contributed by atoms with Crippen LogP contribution < -0.4 is 24.2 Å². The topological polar surface area (TPSA) is 103 Å². The lowest BCUT2D eigenvalue weighted by molar-refractivity contribution is 0.102. The second-order valence-electron chi connectivity index (χ2n) is 6.61. The van der Waals surface area contributed by atoms with Crippen LogP contribution in [0.25, 0.3) is 0 Å². The zero-order valence-corrected chi connectivity index (χ0v) is 18.7. The molecule has 0 aliphatic heterocycles. The number of methoxy groups -OCH3 is 2. The molecule has 0 aromatic heterocycles. The van der Waals surface area contributed by atoms with Crippen LogP contribution in [-0.2, 0) is 10.0 Å². The van der Waals surface area contributed by atoms with Crippen molar-refractivity contribution in [3.05, 3.63) is 72.3 Å². The van der Waals surface area contributed by atoms with Gasteiger partial charge in [-0.15, -0.1) is 0 Å². The van der Waals surface area contributed by atoms with E-state index in [1.165, 1.54) is 26.4 Å². The molecule has 3 aromatic carbocycles. The van der Waals surface area contributed by atoms with Crippen LogP contribution in [0.4, 0.5) is 11.4 Å². The van der Waals surface area contributed by atoms with Crippen molar-refractivity contribution in [2.24, 2.45) is 0 Å². The second-order valence-corrected chi connectivity index (χ2v) is 8.27. The SMILES string of the molecule is CCOc1ccc(NS(=O)(=O)c2cc(NC(=O)c3cccc(OC)c3)ccc2OC)cc1. The van der Waals surface area contributed by atoms with Gasteiger partial charge >= 0.3 is 0 Å². The Hall–Kier alpha value is -3.72. The van der Waals surface area contributed by atoms with Crippen LogP contribution in [0, 0.1) is 0 Å². The molecule has 0 unspecified atom stereocenters. The van der Waals surface area contributed by atoms with Gasteiger partial charge in [-0.2, -0.15) is 0 Å². The molecule has 0 heterocycles. The maximum atomic E-state index is 13.0. The second kappa shape index (κ2) is 10.1. The van der Waals surface area contributed by atoms with Gasteiger partial charge in [-0.25, -0.2) is 8.42 Å². The molecule has 0 radical (unpaired) electrons. The number of carbonyl (C=O) groups is 1. The van der Waals surface area contributed by atoms with Crippen LogP contribution in [0.1, 0.15) is 17.3 Å². The molecular weight excluding hydrogens is 432 g/mol. The lowest BCUT2D eigenvalue weighted by Crippen LogP contribution is -2.16. The average molecular weight is 457 g/mol. The third-order valence-electron chi connectivity index (χ3n) is 4.46. The number of rotatable bonds is 9. The minimum Gasteiger partial charge on any atom is -0.497 e. The summed E-state index contributed by atoms with van der Waals surface area (Å²) in [6.45, 7) is 2.37. The van der Waals surface area contributed by atoms with E-state index >= 15 is 0 Å². The first-order valence-electron chi connectivity index (χ1n) is 9.75. The molecule has 0 aliphatic rings. The lowest BCUT2D eigenvalue weighted by atomic mass is 10.2. The van der Waals surface area contributed by atoms with Gasteiger partial charge < -0.3 is 19.5 Å². The fraction of sp³-hybridized carbons (Fsp3) is 0.174. The van der Waals surface area contributed by atoms with E-state index in [9.17, 15) is 13.2 Å². The van der Waals surface area contributed by atoms with Crippen molar-refractivity contribution in [3.63, 3.8) is 0 Å². The Morgan fingerprint density at radius 2 is 1.59 bits per heavy atom. The van der Waals surface area contributed by atoms with Crippen LogP contribution in [0.2, 0.25) is 0 Å². The molecular formula is C23H24N2O6S. The van der Waals surface area contributed by atoms with Crippen LogP contribution in [0.5, 0.6) is 17.2 Å². The number of nitrogens with one attached hydrogen (secondary N) is 2. The van der Waals surface area contributed by atoms with Crippen molar-refractivity contribution in [2.45, 2.75) is 11.8 Å².